The summed E-state index contributed by atoms with van der Waals surface area (Å²) in [5, 5.41) is 29.7. The van der Waals surface area contributed by atoms with Crippen LogP contribution in [0.3, 0.4) is 0 Å². The van der Waals surface area contributed by atoms with Gasteiger partial charge in [-0.3, -0.25) is 4.79 Å². The van der Waals surface area contributed by atoms with Crippen LogP contribution in [0.15, 0.2) is 34.9 Å². The molecule has 0 aromatic carbocycles. The second-order valence-corrected chi connectivity index (χ2v) is 7.94. The van der Waals surface area contributed by atoms with Crippen LogP contribution in [0.4, 0.5) is 0 Å². The summed E-state index contributed by atoms with van der Waals surface area (Å²) in [6, 6.07) is 0. The van der Waals surface area contributed by atoms with Gasteiger partial charge in [0.05, 0.1) is 12.7 Å². The molecular formula is C20H24O8. The van der Waals surface area contributed by atoms with Gasteiger partial charge in [-0.25, -0.2) is 4.79 Å². The predicted octanol–water partition coefficient (Wildman–Crippen LogP) is -0.226. The molecule has 0 radical (unpaired) electrons. The Morgan fingerprint density at radius 2 is 1.89 bits per heavy atom. The van der Waals surface area contributed by atoms with Crippen molar-refractivity contribution >= 4 is 11.8 Å². The molecule has 8 atom stereocenters. The fraction of sp³-hybridized carbons (Fsp3) is 0.600. The molecule has 8 unspecified atom stereocenters. The minimum atomic E-state index is -1.44. The Bertz CT molecular complexity index is 796. The summed E-state index contributed by atoms with van der Waals surface area (Å²) in [4.78, 5) is 24.8. The SMILES string of the molecule is C=C1C(=O)OC2C1CC(OC1OCC(O)C(O)C1O)C(C)=C1C(=O)C=C(C)C12. The van der Waals surface area contributed by atoms with Crippen molar-refractivity contribution in [2.45, 2.75) is 57.1 Å². The molecule has 2 heterocycles. The minimum Gasteiger partial charge on any atom is -0.457 e. The third kappa shape index (κ3) is 2.87. The topological polar surface area (TPSA) is 123 Å². The highest BCUT2D eigenvalue weighted by molar-refractivity contribution is 6.09. The number of rotatable bonds is 2. The van der Waals surface area contributed by atoms with Gasteiger partial charge in [-0.15, -0.1) is 0 Å². The summed E-state index contributed by atoms with van der Waals surface area (Å²) >= 11 is 0. The quantitative estimate of drug-likeness (QED) is 0.435. The normalized spacial score (nSPS) is 43.5. The standard InChI is InChI=1S/C20H24O8/c1-7-4-11(21)15-9(3)13(27-20-17(24)16(23)12(22)6-26-20)5-10-8(2)19(25)28-18(10)14(7)15/h4,10,12-14,16-18,20,22-24H,2,5-6H2,1,3H3. The zero-order valence-electron chi connectivity index (χ0n) is 15.7. The molecule has 0 amide bonds. The molecule has 4 aliphatic rings. The number of aliphatic hydroxyl groups excluding tert-OH is 3. The molecular weight excluding hydrogens is 368 g/mol. The first-order valence-electron chi connectivity index (χ1n) is 9.35. The van der Waals surface area contributed by atoms with Gasteiger partial charge in [0, 0.05) is 23.0 Å². The van der Waals surface area contributed by atoms with Crippen LogP contribution in [0, 0.1) is 11.8 Å². The summed E-state index contributed by atoms with van der Waals surface area (Å²) in [6.07, 6.45) is -4.53. The van der Waals surface area contributed by atoms with E-state index in [0.717, 1.165) is 5.57 Å². The van der Waals surface area contributed by atoms with E-state index in [4.69, 9.17) is 14.2 Å². The average Bonchev–Trinajstić information content (AvgIpc) is 3.05. The number of aliphatic hydroxyl groups is 3. The Morgan fingerprint density at radius 3 is 2.61 bits per heavy atom. The first-order chi connectivity index (χ1) is 13.2. The molecule has 0 bridgehead atoms. The number of hydrogen-bond donors (Lipinski definition) is 3. The first kappa shape index (κ1) is 19.5. The fourth-order valence-electron chi connectivity index (χ4n) is 4.63. The number of allylic oxidation sites excluding steroid dienone is 1. The van der Waals surface area contributed by atoms with Gasteiger partial charge in [-0.05, 0) is 31.9 Å². The zero-order valence-corrected chi connectivity index (χ0v) is 15.7. The van der Waals surface area contributed by atoms with Gasteiger partial charge in [0.25, 0.3) is 0 Å². The number of hydrogen-bond acceptors (Lipinski definition) is 8. The van der Waals surface area contributed by atoms with E-state index in [9.17, 15) is 24.9 Å². The molecule has 8 heteroatoms. The van der Waals surface area contributed by atoms with E-state index in [2.05, 4.69) is 6.58 Å². The van der Waals surface area contributed by atoms with E-state index in [0.29, 0.717) is 23.1 Å². The number of carbonyl (C=O) groups is 2. The molecule has 8 nitrogen and oxygen atoms in total. The van der Waals surface area contributed by atoms with Gasteiger partial charge in [0.15, 0.2) is 12.1 Å². The van der Waals surface area contributed by atoms with Crippen molar-refractivity contribution in [1.29, 1.82) is 0 Å². The van der Waals surface area contributed by atoms with E-state index in [1.807, 2.05) is 6.92 Å². The molecule has 28 heavy (non-hydrogen) atoms. The summed E-state index contributed by atoms with van der Waals surface area (Å²) < 4.78 is 16.9. The lowest BCUT2D eigenvalue weighted by atomic mass is 9.83. The highest BCUT2D eigenvalue weighted by Crippen LogP contribution is 2.48. The van der Waals surface area contributed by atoms with Crippen LogP contribution in [0.1, 0.15) is 20.3 Å². The van der Waals surface area contributed by atoms with Crippen LogP contribution < -0.4 is 0 Å². The number of esters is 1. The van der Waals surface area contributed by atoms with E-state index in [1.165, 1.54) is 0 Å². The Balaban J connectivity index is 1.68. The minimum absolute atomic E-state index is 0.150. The van der Waals surface area contributed by atoms with Gasteiger partial charge >= 0.3 is 5.97 Å². The van der Waals surface area contributed by atoms with Crippen molar-refractivity contribution in [3.8, 4) is 0 Å². The lowest BCUT2D eigenvalue weighted by Crippen LogP contribution is -2.54. The highest BCUT2D eigenvalue weighted by atomic mass is 16.7. The van der Waals surface area contributed by atoms with Gasteiger partial charge in [-0.2, -0.15) is 0 Å². The van der Waals surface area contributed by atoms with Crippen molar-refractivity contribution in [3.05, 3.63) is 34.9 Å². The molecule has 2 fully saturated rings. The molecule has 0 aromatic rings. The Hall–Kier alpha value is -1.84. The van der Waals surface area contributed by atoms with Crippen molar-refractivity contribution in [3.63, 3.8) is 0 Å². The van der Waals surface area contributed by atoms with Crippen molar-refractivity contribution in [1.82, 2.24) is 0 Å². The van der Waals surface area contributed by atoms with Gasteiger partial charge < -0.3 is 29.5 Å². The van der Waals surface area contributed by atoms with E-state index < -0.39 is 42.8 Å². The maximum atomic E-state index is 12.6. The monoisotopic (exact) mass is 392 g/mol. The lowest BCUT2D eigenvalue weighted by Gasteiger charge is -2.37. The van der Waals surface area contributed by atoms with Gasteiger partial charge in [0.2, 0.25) is 0 Å². The molecule has 4 rings (SSSR count). The maximum Gasteiger partial charge on any atom is 0.334 e. The second-order valence-electron chi connectivity index (χ2n) is 7.94. The largest absolute Gasteiger partial charge is 0.457 e. The molecule has 152 valence electrons. The third-order valence-electron chi connectivity index (χ3n) is 6.23. The third-order valence-corrected chi connectivity index (χ3v) is 6.23. The number of fused-ring (bicyclic) bond motifs is 3. The van der Waals surface area contributed by atoms with Crippen LogP contribution >= 0.6 is 0 Å². The van der Waals surface area contributed by atoms with Crippen LogP contribution in [0.2, 0.25) is 0 Å². The highest BCUT2D eigenvalue weighted by Gasteiger charge is 2.52. The molecule has 2 saturated heterocycles. The summed E-state index contributed by atoms with van der Waals surface area (Å²) in [7, 11) is 0. The summed E-state index contributed by atoms with van der Waals surface area (Å²) in [6.45, 7) is 7.29. The zero-order chi connectivity index (χ0) is 20.3. The number of ketones is 1. The van der Waals surface area contributed by atoms with Crippen molar-refractivity contribution in [2.24, 2.45) is 11.8 Å². The van der Waals surface area contributed by atoms with Crippen LogP contribution in [-0.4, -0.2) is 70.5 Å². The van der Waals surface area contributed by atoms with E-state index >= 15 is 0 Å². The van der Waals surface area contributed by atoms with E-state index in [1.54, 1.807) is 13.0 Å². The fourth-order valence-corrected chi connectivity index (χ4v) is 4.63. The molecule has 2 aliphatic carbocycles. The Kier molecular flexibility index (Phi) is 4.79. The molecule has 2 aliphatic heterocycles. The Labute approximate surface area is 162 Å². The average molecular weight is 392 g/mol. The maximum absolute atomic E-state index is 12.6. The van der Waals surface area contributed by atoms with Gasteiger partial charge in [-0.1, -0.05) is 12.2 Å². The number of ether oxygens (including phenoxy) is 3. The smallest absolute Gasteiger partial charge is 0.334 e. The summed E-state index contributed by atoms with van der Waals surface area (Å²) in [5.41, 5.74) is 2.37. The number of carbonyl (C=O) groups excluding carboxylic acids is 2. The molecule has 0 aromatic heterocycles. The van der Waals surface area contributed by atoms with Crippen molar-refractivity contribution < 1.29 is 39.1 Å². The lowest BCUT2D eigenvalue weighted by molar-refractivity contribution is -0.279. The van der Waals surface area contributed by atoms with Crippen LogP contribution in [-0.2, 0) is 23.8 Å². The Morgan fingerprint density at radius 1 is 1.18 bits per heavy atom. The van der Waals surface area contributed by atoms with E-state index in [-0.39, 0.29) is 24.2 Å². The predicted molar refractivity (Wildman–Crippen MR) is 94.7 cm³/mol. The van der Waals surface area contributed by atoms with Crippen molar-refractivity contribution in [2.75, 3.05) is 6.61 Å². The first-order valence-corrected chi connectivity index (χ1v) is 9.35. The molecule has 0 saturated carbocycles. The van der Waals surface area contributed by atoms with Crippen LogP contribution in [0.5, 0.6) is 0 Å². The van der Waals surface area contributed by atoms with Crippen LogP contribution in [0.25, 0.3) is 0 Å². The second kappa shape index (κ2) is 6.89. The molecule has 3 N–H and O–H groups in total. The van der Waals surface area contributed by atoms with Gasteiger partial charge in [0.1, 0.15) is 24.4 Å². The summed E-state index contributed by atoms with van der Waals surface area (Å²) in [5.74, 6) is -1.32. The molecule has 0 spiro atoms.